The molecule has 2 N–H and O–H groups in total. The van der Waals surface area contributed by atoms with Crippen molar-refractivity contribution in [3.8, 4) is 0 Å². The molecule has 0 amide bonds. The zero-order valence-corrected chi connectivity index (χ0v) is 9.45. The molecule has 1 aliphatic rings. The van der Waals surface area contributed by atoms with Crippen LogP contribution >= 0.6 is 15.9 Å². The number of hydrogen-bond acceptors (Lipinski definition) is 1. The van der Waals surface area contributed by atoms with Crippen molar-refractivity contribution in [2.24, 2.45) is 0 Å². The summed E-state index contributed by atoms with van der Waals surface area (Å²) in [7, 11) is 2.02. The Labute approximate surface area is 87.2 Å². The van der Waals surface area contributed by atoms with E-state index in [1.54, 1.807) is 0 Å². The van der Waals surface area contributed by atoms with Crippen LogP contribution in [0.15, 0.2) is 10.8 Å². The van der Waals surface area contributed by atoms with Crippen molar-refractivity contribution in [1.82, 2.24) is 10.3 Å². The van der Waals surface area contributed by atoms with Gasteiger partial charge in [0, 0.05) is 12.7 Å². The predicted octanol–water partition coefficient (Wildman–Crippen LogP) is 2.42. The maximum Gasteiger partial charge on any atom is 0.0855 e. The molecule has 1 heterocycles. The van der Waals surface area contributed by atoms with Gasteiger partial charge in [0.1, 0.15) is 0 Å². The van der Waals surface area contributed by atoms with E-state index in [1.807, 2.05) is 7.05 Å². The normalized spacial score (nSPS) is 21.5. The van der Waals surface area contributed by atoms with Crippen LogP contribution in [0.3, 0.4) is 0 Å². The number of rotatable bonds is 2. The molecule has 0 bridgehead atoms. The third kappa shape index (κ3) is 1.67. The Hall–Kier alpha value is -0.280. The molecule has 0 aromatic carbocycles. The molecule has 2 rings (SSSR count). The number of nitrogens with one attached hydrogen (secondary N) is 2. The Morgan fingerprint density at radius 3 is 3.31 bits per heavy atom. The second-order valence-corrected chi connectivity index (χ2v) is 4.48. The van der Waals surface area contributed by atoms with Crippen molar-refractivity contribution in [3.05, 3.63) is 21.9 Å². The quantitative estimate of drug-likeness (QED) is 0.820. The highest BCUT2D eigenvalue weighted by atomic mass is 79.9. The number of fused-ring (bicyclic) bond motifs is 1. The number of likely N-dealkylation sites (N-methyl/N-ethyl adjacent to an activating group) is 1. The Morgan fingerprint density at radius 2 is 2.54 bits per heavy atom. The maximum atomic E-state index is 3.55. The van der Waals surface area contributed by atoms with Gasteiger partial charge in [-0.3, -0.25) is 0 Å². The van der Waals surface area contributed by atoms with Crippen LogP contribution in [-0.2, 0) is 6.42 Å². The fraction of sp³-hybridized carbons (Fsp3) is 0.600. The summed E-state index contributed by atoms with van der Waals surface area (Å²) >= 11 is 3.55. The molecule has 1 aromatic rings. The highest BCUT2D eigenvalue weighted by molar-refractivity contribution is 9.10. The maximum absolute atomic E-state index is 3.55. The summed E-state index contributed by atoms with van der Waals surface area (Å²) in [5.74, 6) is 0.705. The molecule has 0 saturated heterocycles. The first-order valence-corrected chi connectivity index (χ1v) is 5.62. The molecule has 13 heavy (non-hydrogen) atoms. The lowest BCUT2D eigenvalue weighted by molar-refractivity contribution is 0.531. The van der Waals surface area contributed by atoms with Gasteiger partial charge in [0.05, 0.1) is 4.60 Å². The van der Waals surface area contributed by atoms with E-state index < -0.39 is 0 Å². The average Bonchev–Trinajstić information content (AvgIpc) is 2.50. The van der Waals surface area contributed by atoms with Crippen molar-refractivity contribution < 1.29 is 0 Å². The fourth-order valence-corrected chi connectivity index (χ4v) is 2.74. The van der Waals surface area contributed by atoms with Gasteiger partial charge in [-0.2, -0.15) is 0 Å². The summed E-state index contributed by atoms with van der Waals surface area (Å²) in [5.41, 5.74) is 3.00. The van der Waals surface area contributed by atoms with E-state index in [4.69, 9.17) is 0 Å². The van der Waals surface area contributed by atoms with Crippen molar-refractivity contribution in [2.75, 3.05) is 13.6 Å². The van der Waals surface area contributed by atoms with Crippen LogP contribution in [0.4, 0.5) is 0 Å². The second kappa shape index (κ2) is 3.84. The van der Waals surface area contributed by atoms with Gasteiger partial charge >= 0.3 is 0 Å². The predicted molar refractivity (Wildman–Crippen MR) is 58.1 cm³/mol. The lowest BCUT2D eigenvalue weighted by Crippen LogP contribution is -2.20. The molecule has 1 atom stereocenters. The molecule has 3 heteroatoms. The summed E-state index contributed by atoms with van der Waals surface area (Å²) in [6.45, 7) is 1.09. The van der Waals surface area contributed by atoms with Crippen molar-refractivity contribution in [3.63, 3.8) is 0 Å². The van der Waals surface area contributed by atoms with E-state index in [-0.39, 0.29) is 0 Å². The number of aromatic amines is 1. The smallest absolute Gasteiger partial charge is 0.0855 e. The van der Waals surface area contributed by atoms with E-state index in [1.165, 1.54) is 35.0 Å². The standard InChI is InChI=1S/C10H15BrN2/c1-12-5-7-3-2-4-8-9(7)6-13-10(8)11/h6-7,12-13H,2-5H2,1H3. The molecule has 0 radical (unpaired) electrons. The highest BCUT2D eigenvalue weighted by Gasteiger charge is 2.22. The van der Waals surface area contributed by atoms with Crippen LogP contribution in [0.5, 0.6) is 0 Å². The van der Waals surface area contributed by atoms with Crippen molar-refractivity contribution >= 4 is 15.9 Å². The van der Waals surface area contributed by atoms with E-state index in [2.05, 4.69) is 32.4 Å². The molecular weight excluding hydrogens is 228 g/mol. The summed E-state index contributed by atoms with van der Waals surface area (Å²) < 4.78 is 1.18. The Bertz CT molecular complexity index is 293. The van der Waals surface area contributed by atoms with Gasteiger partial charge in [-0.25, -0.2) is 0 Å². The first kappa shape index (κ1) is 9.28. The molecule has 0 fully saturated rings. The van der Waals surface area contributed by atoms with Gasteiger partial charge in [-0.05, 0) is 59.3 Å². The molecule has 72 valence electrons. The largest absolute Gasteiger partial charge is 0.356 e. The number of halogens is 1. The Morgan fingerprint density at radius 1 is 1.69 bits per heavy atom. The second-order valence-electron chi connectivity index (χ2n) is 3.68. The molecule has 0 aliphatic heterocycles. The topological polar surface area (TPSA) is 27.8 Å². The zero-order chi connectivity index (χ0) is 9.26. The van der Waals surface area contributed by atoms with Crippen LogP contribution in [0, 0.1) is 0 Å². The van der Waals surface area contributed by atoms with Gasteiger partial charge in [-0.1, -0.05) is 0 Å². The zero-order valence-electron chi connectivity index (χ0n) is 7.86. The molecule has 0 saturated carbocycles. The number of H-pyrrole nitrogens is 1. The first-order chi connectivity index (χ1) is 6.33. The molecule has 1 unspecified atom stereocenters. The monoisotopic (exact) mass is 242 g/mol. The van der Waals surface area contributed by atoms with E-state index in [0.29, 0.717) is 5.92 Å². The summed E-state index contributed by atoms with van der Waals surface area (Å²) in [6.07, 6.45) is 6.01. The minimum atomic E-state index is 0.705. The molecule has 0 spiro atoms. The summed E-state index contributed by atoms with van der Waals surface area (Å²) in [6, 6.07) is 0. The summed E-state index contributed by atoms with van der Waals surface area (Å²) in [4.78, 5) is 3.26. The van der Waals surface area contributed by atoms with E-state index in [0.717, 1.165) is 6.54 Å². The average molecular weight is 243 g/mol. The van der Waals surface area contributed by atoms with Crippen LogP contribution in [0.25, 0.3) is 0 Å². The third-order valence-electron chi connectivity index (χ3n) is 2.84. The van der Waals surface area contributed by atoms with Gasteiger partial charge in [0.2, 0.25) is 0 Å². The minimum absolute atomic E-state index is 0.705. The number of aromatic nitrogens is 1. The fourth-order valence-electron chi connectivity index (χ4n) is 2.20. The van der Waals surface area contributed by atoms with Crippen LogP contribution in [0.2, 0.25) is 0 Å². The van der Waals surface area contributed by atoms with Crippen LogP contribution in [0.1, 0.15) is 29.9 Å². The van der Waals surface area contributed by atoms with Crippen LogP contribution < -0.4 is 5.32 Å². The molecule has 2 nitrogen and oxygen atoms in total. The third-order valence-corrected chi connectivity index (χ3v) is 3.55. The van der Waals surface area contributed by atoms with Gasteiger partial charge in [0.15, 0.2) is 0 Å². The van der Waals surface area contributed by atoms with E-state index >= 15 is 0 Å². The first-order valence-electron chi connectivity index (χ1n) is 4.83. The van der Waals surface area contributed by atoms with Gasteiger partial charge < -0.3 is 10.3 Å². The lowest BCUT2D eigenvalue weighted by Gasteiger charge is -2.22. The SMILES string of the molecule is CNCC1CCCc2c1c[nH]c2Br. The van der Waals surface area contributed by atoms with Gasteiger partial charge in [-0.15, -0.1) is 0 Å². The molecule has 1 aromatic heterocycles. The Kier molecular flexibility index (Phi) is 2.74. The van der Waals surface area contributed by atoms with E-state index in [9.17, 15) is 0 Å². The lowest BCUT2D eigenvalue weighted by atomic mass is 9.85. The van der Waals surface area contributed by atoms with Crippen LogP contribution in [-0.4, -0.2) is 18.6 Å². The van der Waals surface area contributed by atoms with Crippen molar-refractivity contribution in [1.29, 1.82) is 0 Å². The van der Waals surface area contributed by atoms with Crippen molar-refractivity contribution in [2.45, 2.75) is 25.2 Å². The highest BCUT2D eigenvalue weighted by Crippen LogP contribution is 2.34. The summed E-state index contributed by atoms with van der Waals surface area (Å²) in [5, 5.41) is 3.26. The molecule has 1 aliphatic carbocycles. The number of hydrogen-bond donors (Lipinski definition) is 2. The Balaban J connectivity index is 2.27. The minimum Gasteiger partial charge on any atom is -0.356 e. The van der Waals surface area contributed by atoms with Gasteiger partial charge in [0.25, 0.3) is 0 Å². The molecular formula is C10H15BrN2.